The topological polar surface area (TPSA) is 84.2 Å². The predicted octanol–water partition coefficient (Wildman–Crippen LogP) is 4.25. The van der Waals surface area contributed by atoms with Crippen molar-refractivity contribution in [2.75, 3.05) is 45.3 Å². The van der Waals surface area contributed by atoms with E-state index in [9.17, 15) is 5.11 Å². The summed E-state index contributed by atoms with van der Waals surface area (Å²) in [5.74, 6) is 0.968. The van der Waals surface area contributed by atoms with Crippen LogP contribution in [0.15, 0.2) is 36.5 Å². The summed E-state index contributed by atoms with van der Waals surface area (Å²) in [5, 5.41) is 18.3. The van der Waals surface area contributed by atoms with Gasteiger partial charge in [0.2, 0.25) is 5.95 Å². The van der Waals surface area contributed by atoms with Crippen LogP contribution in [0.1, 0.15) is 62.7 Å². The van der Waals surface area contributed by atoms with E-state index in [0.29, 0.717) is 24.5 Å². The number of morpholine rings is 1. The van der Waals surface area contributed by atoms with Crippen molar-refractivity contribution in [1.29, 1.82) is 0 Å². The summed E-state index contributed by atoms with van der Waals surface area (Å²) in [6.45, 7) is 8.48. The number of fused-ring (bicyclic) bond motifs is 1. The van der Waals surface area contributed by atoms with Crippen LogP contribution in [-0.2, 0) is 9.47 Å². The van der Waals surface area contributed by atoms with E-state index in [1.165, 1.54) is 16.8 Å². The van der Waals surface area contributed by atoms with E-state index < -0.39 is 0 Å². The van der Waals surface area contributed by atoms with E-state index in [4.69, 9.17) is 14.6 Å². The third kappa shape index (κ3) is 5.42. The highest BCUT2D eigenvalue weighted by molar-refractivity contribution is 5.81. The van der Waals surface area contributed by atoms with E-state index in [1.807, 2.05) is 6.20 Å². The quantitative estimate of drug-likeness (QED) is 0.485. The fourth-order valence-electron chi connectivity index (χ4n) is 5.60. The number of nitrogens with one attached hydrogen (secondary N) is 1. The first-order valence-corrected chi connectivity index (χ1v) is 13.3. The molecule has 194 valence electrons. The van der Waals surface area contributed by atoms with Gasteiger partial charge in [-0.25, -0.2) is 9.50 Å². The van der Waals surface area contributed by atoms with Crippen LogP contribution in [0.4, 0.5) is 5.95 Å². The molecule has 2 fully saturated rings. The van der Waals surface area contributed by atoms with E-state index in [0.717, 1.165) is 63.1 Å². The Labute approximate surface area is 213 Å². The predicted molar refractivity (Wildman–Crippen MR) is 141 cm³/mol. The summed E-state index contributed by atoms with van der Waals surface area (Å²) in [6.07, 6.45) is 5.35. The molecule has 3 heterocycles. The van der Waals surface area contributed by atoms with Crippen molar-refractivity contribution in [2.24, 2.45) is 0 Å². The molecule has 2 N–H and O–H groups in total. The number of ether oxygens (including phenoxy) is 2. The second-order valence-corrected chi connectivity index (χ2v) is 10.3. The van der Waals surface area contributed by atoms with Crippen molar-refractivity contribution in [3.05, 3.63) is 47.8 Å². The monoisotopic (exact) mass is 493 g/mol. The van der Waals surface area contributed by atoms with Gasteiger partial charge < -0.3 is 19.9 Å². The highest BCUT2D eigenvalue weighted by atomic mass is 16.5. The first-order valence-electron chi connectivity index (χ1n) is 13.3. The van der Waals surface area contributed by atoms with Crippen molar-refractivity contribution < 1.29 is 14.6 Å². The lowest BCUT2D eigenvalue weighted by molar-refractivity contribution is 0.0198. The van der Waals surface area contributed by atoms with Gasteiger partial charge in [-0.2, -0.15) is 0 Å². The third-order valence-corrected chi connectivity index (χ3v) is 7.75. The Bertz CT molecular complexity index is 1130. The van der Waals surface area contributed by atoms with Gasteiger partial charge >= 0.3 is 0 Å². The molecular formula is C28H39N5O3. The maximum absolute atomic E-state index is 10.1. The van der Waals surface area contributed by atoms with Crippen molar-refractivity contribution in [1.82, 2.24) is 19.5 Å². The molecule has 0 amide bonds. The Morgan fingerprint density at radius 3 is 2.53 bits per heavy atom. The molecule has 0 radical (unpaired) electrons. The molecule has 2 aliphatic rings. The molecule has 1 aliphatic heterocycles. The number of aliphatic hydroxyl groups is 1. The Kier molecular flexibility index (Phi) is 7.86. The molecule has 1 aliphatic carbocycles. The zero-order valence-corrected chi connectivity index (χ0v) is 21.7. The third-order valence-electron chi connectivity index (χ3n) is 7.75. The Morgan fingerprint density at radius 2 is 1.83 bits per heavy atom. The fraction of sp³-hybridized carbons (Fsp3) is 0.571. The molecule has 8 heteroatoms. The molecule has 1 saturated carbocycles. The first-order chi connectivity index (χ1) is 17.5. The zero-order chi connectivity index (χ0) is 25.1. The number of hydrogen-bond donors (Lipinski definition) is 2. The van der Waals surface area contributed by atoms with Gasteiger partial charge in [0.25, 0.3) is 0 Å². The summed E-state index contributed by atoms with van der Waals surface area (Å²) in [6, 6.07) is 11.7. The fourth-order valence-corrected chi connectivity index (χ4v) is 5.60. The van der Waals surface area contributed by atoms with Crippen LogP contribution in [0, 0.1) is 0 Å². The smallest absolute Gasteiger partial charge is 0.241 e. The number of rotatable bonds is 8. The van der Waals surface area contributed by atoms with Gasteiger partial charge in [0.05, 0.1) is 37.6 Å². The van der Waals surface area contributed by atoms with Gasteiger partial charge in [0.15, 0.2) is 0 Å². The van der Waals surface area contributed by atoms with Gasteiger partial charge in [-0.05, 0) is 56.7 Å². The molecule has 3 aromatic rings. The average Bonchev–Trinajstić information content (AvgIpc) is 3.28. The van der Waals surface area contributed by atoms with Gasteiger partial charge in [-0.3, -0.25) is 4.90 Å². The molecule has 0 unspecified atom stereocenters. The minimum atomic E-state index is -0.185. The SMILES string of the molecule is COC[C@H](C)Nc1ncc2c(-c3ccc([C@@H](C)N4CCOCC4)cc3)cc([C@H]3CC[C@H](O)CC3)n2n1. The number of methoxy groups -OCH3 is 1. The van der Waals surface area contributed by atoms with Crippen LogP contribution in [-0.4, -0.2) is 76.8 Å². The van der Waals surface area contributed by atoms with Gasteiger partial charge in [-0.15, -0.1) is 5.10 Å². The normalized spacial score (nSPS) is 23.0. The van der Waals surface area contributed by atoms with Crippen LogP contribution in [0.25, 0.3) is 16.6 Å². The molecule has 5 rings (SSSR count). The number of hydrogen-bond acceptors (Lipinski definition) is 7. The minimum absolute atomic E-state index is 0.108. The van der Waals surface area contributed by atoms with Gasteiger partial charge in [-0.1, -0.05) is 24.3 Å². The highest BCUT2D eigenvalue weighted by Crippen LogP contribution is 2.38. The Morgan fingerprint density at radius 1 is 1.11 bits per heavy atom. The van der Waals surface area contributed by atoms with Gasteiger partial charge in [0, 0.05) is 49.5 Å². The summed E-state index contributed by atoms with van der Waals surface area (Å²) in [7, 11) is 1.70. The molecular weight excluding hydrogens is 454 g/mol. The standard InChI is InChI=1S/C28H39N5O3/c1-19(18-35-3)30-28-29-17-27-25(16-26(33(27)31-28)23-8-10-24(34)11-9-23)22-6-4-21(5-7-22)20(2)32-12-14-36-15-13-32/h4-7,16-17,19-20,23-24,34H,8-15,18H2,1-3H3,(H,30,31)/t19-,20+,23-,24-/m0/s1. The molecule has 8 nitrogen and oxygen atoms in total. The van der Waals surface area contributed by atoms with Crippen molar-refractivity contribution in [3.63, 3.8) is 0 Å². The second-order valence-electron chi connectivity index (χ2n) is 10.3. The number of nitrogens with zero attached hydrogens (tertiary/aromatic N) is 4. The molecule has 2 aromatic heterocycles. The maximum Gasteiger partial charge on any atom is 0.241 e. The zero-order valence-electron chi connectivity index (χ0n) is 21.7. The van der Waals surface area contributed by atoms with Crippen LogP contribution < -0.4 is 5.32 Å². The van der Waals surface area contributed by atoms with Crippen LogP contribution in [0.2, 0.25) is 0 Å². The van der Waals surface area contributed by atoms with E-state index in [1.54, 1.807) is 7.11 Å². The molecule has 36 heavy (non-hydrogen) atoms. The lowest BCUT2D eigenvalue weighted by Gasteiger charge is -2.32. The maximum atomic E-state index is 10.1. The van der Waals surface area contributed by atoms with Crippen LogP contribution in [0.3, 0.4) is 0 Å². The number of anilines is 1. The van der Waals surface area contributed by atoms with Crippen LogP contribution >= 0.6 is 0 Å². The molecule has 0 bridgehead atoms. The lowest BCUT2D eigenvalue weighted by atomic mass is 9.85. The van der Waals surface area contributed by atoms with Crippen molar-refractivity contribution in [2.45, 2.75) is 63.6 Å². The average molecular weight is 494 g/mol. The minimum Gasteiger partial charge on any atom is -0.393 e. The second kappa shape index (κ2) is 11.3. The highest BCUT2D eigenvalue weighted by Gasteiger charge is 2.26. The molecule has 0 spiro atoms. The Balaban J connectivity index is 1.47. The molecule has 1 aromatic carbocycles. The largest absolute Gasteiger partial charge is 0.393 e. The lowest BCUT2D eigenvalue weighted by Crippen LogP contribution is -2.37. The van der Waals surface area contributed by atoms with Crippen molar-refractivity contribution in [3.8, 4) is 11.1 Å². The van der Waals surface area contributed by atoms with E-state index in [2.05, 4.69) is 63.9 Å². The number of aliphatic hydroxyl groups excluding tert-OH is 1. The molecule has 1 saturated heterocycles. The van der Waals surface area contributed by atoms with E-state index in [-0.39, 0.29) is 12.1 Å². The molecule has 2 atom stereocenters. The summed E-state index contributed by atoms with van der Waals surface area (Å²) >= 11 is 0. The number of aromatic nitrogens is 3. The summed E-state index contributed by atoms with van der Waals surface area (Å²) in [4.78, 5) is 7.12. The number of benzene rings is 1. The Hall–Kier alpha value is -2.52. The van der Waals surface area contributed by atoms with Crippen molar-refractivity contribution >= 4 is 11.5 Å². The summed E-state index contributed by atoms with van der Waals surface area (Å²) in [5.41, 5.74) is 5.85. The van der Waals surface area contributed by atoms with Gasteiger partial charge in [0.1, 0.15) is 0 Å². The van der Waals surface area contributed by atoms with E-state index >= 15 is 0 Å². The summed E-state index contributed by atoms with van der Waals surface area (Å²) < 4.78 is 12.9. The first kappa shape index (κ1) is 25.1. The van der Waals surface area contributed by atoms with Crippen LogP contribution in [0.5, 0.6) is 0 Å².